The van der Waals surface area contributed by atoms with Crippen LogP contribution in [0.5, 0.6) is 0 Å². The van der Waals surface area contributed by atoms with Gasteiger partial charge in [-0.1, -0.05) is 17.7 Å². The minimum Gasteiger partial charge on any atom is -0.332 e. The maximum Gasteiger partial charge on any atom is 0.239 e. The maximum atomic E-state index is 12.6. The number of aliphatic imine (C=N–C) groups is 2. The van der Waals surface area contributed by atoms with Gasteiger partial charge in [0.1, 0.15) is 11.7 Å². The molecule has 3 aliphatic rings. The Balaban J connectivity index is 1.60. The largest absolute Gasteiger partial charge is 0.332 e. The quantitative estimate of drug-likeness (QED) is 0.706. The van der Waals surface area contributed by atoms with Crippen molar-refractivity contribution < 1.29 is 9.59 Å². The summed E-state index contributed by atoms with van der Waals surface area (Å²) in [5, 5.41) is 12.8. The molecular weight excluding hydrogens is 404 g/mol. The van der Waals surface area contributed by atoms with E-state index < -0.39 is 5.92 Å². The Labute approximate surface area is 176 Å². The molecule has 3 heterocycles. The summed E-state index contributed by atoms with van der Waals surface area (Å²) >= 11 is 6.45. The SMILES string of the molecule is O=C(NC1=CC(=Nc2cccc(Cl)c2-c2cn[nH]c2)C2C(=O)NC=CC2=N1)C1CC1. The molecule has 1 aromatic carbocycles. The zero-order valence-corrected chi connectivity index (χ0v) is 16.5. The van der Waals surface area contributed by atoms with E-state index in [9.17, 15) is 9.59 Å². The van der Waals surface area contributed by atoms with Crippen LogP contribution in [0.3, 0.4) is 0 Å². The molecule has 150 valence electrons. The van der Waals surface area contributed by atoms with Crippen molar-refractivity contribution in [1.82, 2.24) is 20.8 Å². The Hall–Kier alpha value is -3.52. The lowest BCUT2D eigenvalue weighted by Crippen LogP contribution is -2.43. The molecule has 2 aromatic rings. The van der Waals surface area contributed by atoms with Crippen molar-refractivity contribution in [2.45, 2.75) is 12.8 Å². The van der Waals surface area contributed by atoms with Crippen molar-refractivity contribution in [3.05, 3.63) is 59.8 Å². The van der Waals surface area contributed by atoms with E-state index in [-0.39, 0.29) is 17.7 Å². The highest BCUT2D eigenvalue weighted by Crippen LogP contribution is 2.37. The summed E-state index contributed by atoms with van der Waals surface area (Å²) < 4.78 is 0. The van der Waals surface area contributed by atoms with Crippen molar-refractivity contribution >= 4 is 40.5 Å². The lowest BCUT2D eigenvalue weighted by molar-refractivity contribution is -0.121. The molecule has 2 amide bonds. The molecule has 9 heteroatoms. The van der Waals surface area contributed by atoms with E-state index in [2.05, 4.69) is 25.8 Å². The smallest absolute Gasteiger partial charge is 0.239 e. The number of nitrogens with zero attached hydrogens (tertiary/aromatic N) is 3. The molecular formula is C21H17ClN6O2. The third-order valence-corrected chi connectivity index (χ3v) is 5.41. The van der Waals surface area contributed by atoms with E-state index in [1.54, 1.807) is 36.7 Å². The number of hydrogen-bond donors (Lipinski definition) is 3. The van der Waals surface area contributed by atoms with Gasteiger partial charge in [-0.15, -0.1) is 0 Å². The van der Waals surface area contributed by atoms with Gasteiger partial charge in [0.15, 0.2) is 0 Å². The average molecular weight is 421 g/mol. The van der Waals surface area contributed by atoms with Crippen LogP contribution in [-0.2, 0) is 9.59 Å². The summed E-state index contributed by atoms with van der Waals surface area (Å²) in [5.41, 5.74) is 3.07. The molecule has 1 atom stereocenters. The molecule has 8 nitrogen and oxygen atoms in total. The number of aromatic amines is 1. The minimum atomic E-state index is -0.673. The number of allylic oxidation sites excluding steroid dienone is 2. The second-order valence-corrected chi connectivity index (χ2v) is 7.67. The number of halogens is 1. The monoisotopic (exact) mass is 420 g/mol. The van der Waals surface area contributed by atoms with Crippen LogP contribution in [0.2, 0.25) is 5.02 Å². The van der Waals surface area contributed by atoms with Crippen LogP contribution in [0.1, 0.15) is 12.8 Å². The molecule has 0 radical (unpaired) electrons. The third kappa shape index (κ3) is 3.46. The summed E-state index contributed by atoms with van der Waals surface area (Å²) in [6.45, 7) is 0. The summed E-state index contributed by atoms with van der Waals surface area (Å²) in [5.74, 6) is -0.550. The molecule has 1 saturated carbocycles. The molecule has 3 N–H and O–H groups in total. The molecule has 1 fully saturated rings. The van der Waals surface area contributed by atoms with Gasteiger partial charge in [0.25, 0.3) is 0 Å². The molecule has 2 aliphatic heterocycles. The predicted molar refractivity (Wildman–Crippen MR) is 113 cm³/mol. The first-order valence-electron chi connectivity index (χ1n) is 9.54. The Bertz CT molecular complexity index is 1160. The second kappa shape index (κ2) is 7.38. The fraction of sp³-hybridized carbons (Fsp3) is 0.190. The molecule has 0 spiro atoms. The standard InChI is InChI=1S/C21H17ClN6O2/c22-13-2-1-3-14(18(13)12-9-24-25-10-12)26-16-8-17(28-20(29)11-4-5-11)27-15-6-7-23-21(30)19(15)16/h1-3,6-11,19H,4-5H2,(H,23,30)(H,24,25)(H,28,29). The van der Waals surface area contributed by atoms with Crippen LogP contribution in [0.4, 0.5) is 5.69 Å². The maximum absolute atomic E-state index is 12.6. The van der Waals surface area contributed by atoms with Gasteiger partial charge in [-0.2, -0.15) is 5.10 Å². The van der Waals surface area contributed by atoms with Gasteiger partial charge in [0.2, 0.25) is 11.8 Å². The second-order valence-electron chi connectivity index (χ2n) is 7.26. The Morgan fingerprint density at radius 3 is 2.93 bits per heavy atom. The number of amides is 2. The van der Waals surface area contributed by atoms with Crippen LogP contribution < -0.4 is 10.6 Å². The highest BCUT2D eigenvalue weighted by Gasteiger charge is 2.35. The van der Waals surface area contributed by atoms with E-state index in [0.29, 0.717) is 33.5 Å². The molecule has 5 rings (SSSR count). The van der Waals surface area contributed by atoms with Crippen molar-refractivity contribution in [2.24, 2.45) is 21.8 Å². The number of rotatable bonds is 4. The van der Waals surface area contributed by atoms with Crippen LogP contribution in [0, 0.1) is 11.8 Å². The number of hydrogen-bond acceptors (Lipinski definition) is 5. The summed E-state index contributed by atoms with van der Waals surface area (Å²) in [4.78, 5) is 34.0. The number of H-pyrrole nitrogens is 1. The highest BCUT2D eigenvalue weighted by molar-refractivity contribution is 6.34. The zero-order valence-electron chi connectivity index (χ0n) is 15.7. The highest BCUT2D eigenvalue weighted by atomic mass is 35.5. The number of benzene rings is 1. The van der Waals surface area contributed by atoms with Crippen LogP contribution >= 0.6 is 11.6 Å². The van der Waals surface area contributed by atoms with Gasteiger partial charge < -0.3 is 10.6 Å². The Morgan fingerprint density at radius 1 is 1.30 bits per heavy atom. The lowest BCUT2D eigenvalue weighted by Gasteiger charge is -2.24. The van der Waals surface area contributed by atoms with Crippen molar-refractivity contribution in [3.63, 3.8) is 0 Å². The summed E-state index contributed by atoms with van der Waals surface area (Å²) in [6, 6.07) is 5.39. The van der Waals surface area contributed by atoms with Gasteiger partial charge in [-0.3, -0.25) is 19.7 Å². The zero-order chi connectivity index (χ0) is 20.7. The molecule has 1 unspecified atom stereocenters. The predicted octanol–water partition coefficient (Wildman–Crippen LogP) is 2.88. The van der Waals surface area contributed by atoms with E-state index in [0.717, 1.165) is 18.4 Å². The molecule has 1 aromatic heterocycles. The first kappa shape index (κ1) is 18.5. The van der Waals surface area contributed by atoms with Crippen LogP contribution in [-0.4, -0.2) is 33.4 Å². The molecule has 30 heavy (non-hydrogen) atoms. The molecule has 0 bridgehead atoms. The fourth-order valence-corrected chi connectivity index (χ4v) is 3.74. The summed E-state index contributed by atoms with van der Waals surface area (Å²) in [7, 11) is 0. The number of carbonyl (C=O) groups excluding carboxylic acids is 2. The van der Waals surface area contributed by atoms with Crippen molar-refractivity contribution in [1.29, 1.82) is 0 Å². The van der Waals surface area contributed by atoms with E-state index in [1.807, 2.05) is 6.07 Å². The number of carbonyl (C=O) groups is 2. The van der Waals surface area contributed by atoms with Crippen LogP contribution in [0.15, 0.2) is 64.8 Å². The van der Waals surface area contributed by atoms with Crippen molar-refractivity contribution in [3.8, 4) is 11.1 Å². The van der Waals surface area contributed by atoms with E-state index in [4.69, 9.17) is 16.6 Å². The van der Waals surface area contributed by atoms with Crippen molar-refractivity contribution in [2.75, 3.05) is 0 Å². The van der Waals surface area contributed by atoms with Crippen LogP contribution in [0.25, 0.3) is 11.1 Å². The first-order valence-corrected chi connectivity index (χ1v) is 9.92. The number of aromatic nitrogens is 2. The summed E-state index contributed by atoms with van der Waals surface area (Å²) in [6.07, 6.45) is 10.1. The minimum absolute atomic E-state index is 0.0371. The molecule has 1 aliphatic carbocycles. The van der Waals surface area contributed by atoms with E-state index in [1.165, 1.54) is 6.20 Å². The van der Waals surface area contributed by atoms with Gasteiger partial charge in [-0.05, 0) is 31.1 Å². The lowest BCUT2D eigenvalue weighted by atomic mass is 9.91. The Morgan fingerprint density at radius 2 is 2.17 bits per heavy atom. The van der Waals surface area contributed by atoms with Gasteiger partial charge in [-0.25, -0.2) is 4.99 Å². The Kier molecular flexibility index (Phi) is 4.55. The molecule has 0 saturated heterocycles. The van der Waals surface area contributed by atoms with Gasteiger partial charge in [0.05, 0.1) is 28.3 Å². The van der Waals surface area contributed by atoms with E-state index >= 15 is 0 Å². The fourth-order valence-electron chi connectivity index (χ4n) is 3.46. The average Bonchev–Trinajstić information content (AvgIpc) is 3.44. The third-order valence-electron chi connectivity index (χ3n) is 5.10. The topological polar surface area (TPSA) is 112 Å². The van der Waals surface area contributed by atoms with Gasteiger partial charge in [0, 0.05) is 35.5 Å². The normalized spacial score (nSPS) is 21.6. The first-order chi connectivity index (χ1) is 14.6. The van der Waals surface area contributed by atoms with Gasteiger partial charge >= 0.3 is 0 Å². The number of fused-ring (bicyclic) bond motifs is 1. The number of nitrogens with one attached hydrogen (secondary N) is 3.